The number of ether oxygens (including phenoxy) is 1. The van der Waals surface area contributed by atoms with Crippen LogP contribution in [0, 0.1) is 0 Å². The molecule has 0 bridgehead atoms. The van der Waals surface area contributed by atoms with Crippen LogP contribution in [0.2, 0.25) is 0 Å². The van der Waals surface area contributed by atoms with E-state index in [1.54, 1.807) is 24.1 Å². The zero-order chi connectivity index (χ0) is 16.9. The zero-order valence-electron chi connectivity index (χ0n) is 13.1. The highest BCUT2D eigenvalue weighted by Crippen LogP contribution is 2.15. The normalized spacial score (nSPS) is 10.4. The average Bonchev–Trinajstić information content (AvgIpc) is 3.10. The summed E-state index contributed by atoms with van der Waals surface area (Å²) in [6.45, 7) is 0.452. The van der Waals surface area contributed by atoms with Crippen molar-refractivity contribution in [3.8, 4) is 11.4 Å². The van der Waals surface area contributed by atoms with Crippen LogP contribution in [0.5, 0.6) is 5.75 Å². The van der Waals surface area contributed by atoms with Gasteiger partial charge < -0.3 is 10.1 Å². The van der Waals surface area contributed by atoms with E-state index >= 15 is 0 Å². The van der Waals surface area contributed by atoms with Crippen LogP contribution in [0.25, 0.3) is 5.69 Å². The molecule has 0 radical (unpaired) electrons. The number of methoxy groups -OCH3 is 1. The van der Waals surface area contributed by atoms with Gasteiger partial charge in [0.1, 0.15) is 5.75 Å². The van der Waals surface area contributed by atoms with Gasteiger partial charge in [-0.1, -0.05) is 28.1 Å². The maximum atomic E-state index is 12.2. The van der Waals surface area contributed by atoms with E-state index < -0.39 is 0 Å². The second kappa shape index (κ2) is 7.31. The molecule has 0 aliphatic carbocycles. The van der Waals surface area contributed by atoms with E-state index in [4.69, 9.17) is 4.74 Å². The summed E-state index contributed by atoms with van der Waals surface area (Å²) in [5.74, 6) is 0.570. The van der Waals surface area contributed by atoms with Gasteiger partial charge in [-0.15, -0.1) is 0 Å². The van der Waals surface area contributed by atoms with Crippen LogP contribution in [0.4, 0.5) is 0 Å². The number of nitrogens with zero attached hydrogens (tertiary/aromatic N) is 2. The smallest absolute Gasteiger partial charge is 0.272 e. The molecule has 0 saturated carbocycles. The number of benzene rings is 2. The highest BCUT2D eigenvalue weighted by atomic mass is 79.9. The summed E-state index contributed by atoms with van der Waals surface area (Å²) in [5, 5.41) is 7.19. The minimum absolute atomic E-state index is 0.206. The van der Waals surface area contributed by atoms with Gasteiger partial charge in [0.05, 0.1) is 12.8 Å². The number of hydrogen-bond donors (Lipinski definition) is 1. The molecule has 0 spiro atoms. The number of amides is 1. The Morgan fingerprint density at radius 1 is 1.21 bits per heavy atom. The van der Waals surface area contributed by atoms with E-state index in [1.807, 2.05) is 48.5 Å². The van der Waals surface area contributed by atoms with Gasteiger partial charge in [-0.3, -0.25) is 4.79 Å². The Kier molecular flexibility index (Phi) is 4.96. The molecule has 3 rings (SSSR count). The predicted molar refractivity (Wildman–Crippen MR) is 95.4 cm³/mol. The Balaban J connectivity index is 1.66. The summed E-state index contributed by atoms with van der Waals surface area (Å²) < 4.78 is 7.78. The summed E-state index contributed by atoms with van der Waals surface area (Å²) >= 11 is 3.42. The Morgan fingerprint density at radius 2 is 2.00 bits per heavy atom. The minimum Gasteiger partial charge on any atom is -0.497 e. The van der Waals surface area contributed by atoms with Crippen molar-refractivity contribution in [2.75, 3.05) is 7.11 Å². The van der Waals surface area contributed by atoms with Crippen molar-refractivity contribution >= 4 is 21.8 Å². The van der Waals surface area contributed by atoms with Crippen LogP contribution in [0.3, 0.4) is 0 Å². The van der Waals surface area contributed by atoms with Gasteiger partial charge in [-0.05, 0) is 48.0 Å². The average molecular weight is 386 g/mol. The Bertz CT molecular complexity index is 843. The van der Waals surface area contributed by atoms with Crippen molar-refractivity contribution in [2.24, 2.45) is 0 Å². The van der Waals surface area contributed by atoms with Crippen LogP contribution in [0.15, 0.2) is 65.3 Å². The summed E-state index contributed by atoms with van der Waals surface area (Å²) in [7, 11) is 1.62. The van der Waals surface area contributed by atoms with Crippen molar-refractivity contribution in [1.82, 2.24) is 15.1 Å². The maximum Gasteiger partial charge on any atom is 0.272 e. The number of halogens is 1. The Morgan fingerprint density at radius 3 is 2.71 bits per heavy atom. The number of rotatable bonds is 5. The fourth-order valence-corrected chi connectivity index (χ4v) is 2.69. The maximum absolute atomic E-state index is 12.2. The molecule has 24 heavy (non-hydrogen) atoms. The SMILES string of the molecule is COc1ccc(-n2ccc(C(=O)NCc3cccc(Br)c3)n2)cc1. The molecule has 0 atom stereocenters. The van der Waals surface area contributed by atoms with Crippen molar-refractivity contribution in [3.63, 3.8) is 0 Å². The van der Waals surface area contributed by atoms with Crippen molar-refractivity contribution in [1.29, 1.82) is 0 Å². The first-order valence-electron chi connectivity index (χ1n) is 7.38. The molecule has 1 heterocycles. The fraction of sp³-hybridized carbons (Fsp3) is 0.111. The molecular formula is C18H16BrN3O2. The lowest BCUT2D eigenvalue weighted by Crippen LogP contribution is -2.23. The third-order valence-electron chi connectivity index (χ3n) is 3.50. The Labute approximate surface area is 148 Å². The lowest BCUT2D eigenvalue weighted by molar-refractivity contribution is 0.0945. The van der Waals surface area contributed by atoms with Gasteiger partial charge >= 0.3 is 0 Å². The molecule has 122 valence electrons. The van der Waals surface area contributed by atoms with Gasteiger partial charge in [0, 0.05) is 17.2 Å². The quantitative estimate of drug-likeness (QED) is 0.730. The topological polar surface area (TPSA) is 56.1 Å². The van der Waals surface area contributed by atoms with Crippen molar-refractivity contribution in [2.45, 2.75) is 6.54 Å². The highest BCUT2D eigenvalue weighted by Gasteiger charge is 2.10. The molecular weight excluding hydrogens is 370 g/mol. The first-order valence-corrected chi connectivity index (χ1v) is 8.18. The molecule has 0 fully saturated rings. The number of carbonyl (C=O) groups is 1. The zero-order valence-corrected chi connectivity index (χ0v) is 14.7. The highest BCUT2D eigenvalue weighted by molar-refractivity contribution is 9.10. The summed E-state index contributed by atoms with van der Waals surface area (Å²) in [5.41, 5.74) is 2.26. The first-order chi connectivity index (χ1) is 11.7. The molecule has 1 aromatic heterocycles. The van der Waals surface area contributed by atoms with Gasteiger partial charge in [-0.25, -0.2) is 4.68 Å². The molecule has 0 aliphatic rings. The van der Waals surface area contributed by atoms with Gasteiger partial charge in [-0.2, -0.15) is 5.10 Å². The second-order valence-electron chi connectivity index (χ2n) is 5.16. The van der Waals surface area contributed by atoms with Crippen molar-refractivity contribution < 1.29 is 9.53 Å². The Hall–Kier alpha value is -2.60. The first kappa shape index (κ1) is 16.3. The minimum atomic E-state index is -0.206. The van der Waals surface area contributed by atoms with E-state index in [2.05, 4.69) is 26.3 Å². The predicted octanol–water partition coefficient (Wildman–Crippen LogP) is 3.57. The van der Waals surface area contributed by atoms with E-state index in [9.17, 15) is 4.79 Å². The van der Waals surface area contributed by atoms with Crippen LogP contribution < -0.4 is 10.1 Å². The number of nitrogens with one attached hydrogen (secondary N) is 1. The molecule has 1 amide bonds. The van der Waals surface area contributed by atoms with Gasteiger partial charge in [0.2, 0.25) is 0 Å². The number of carbonyl (C=O) groups excluding carboxylic acids is 1. The fourth-order valence-electron chi connectivity index (χ4n) is 2.24. The second-order valence-corrected chi connectivity index (χ2v) is 6.07. The largest absolute Gasteiger partial charge is 0.497 e. The standard InChI is InChI=1S/C18H16BrN3O2/c1-24-16-7-5-15(6-8-16)22-10-9-17(21-22)18(23)20-12-13-3-2-4-14(19)11-13/h2-11H,12H2,1H3,(H,20,23). The molecule has 0 saturated heterocycles. The molecule has 1 N–H and O–H groups in total. The van der Waals surface area contributed by atoms with Crippen LogP contribution >= 0.6 is 15.9 Å². The lowest BCUT2D eigenvalue weighted by atomic mass is 10.2. The van der Waals surface area contributed by atoms with Crippen molar-refractivity contribution in [3.05, 3.63) is 76.5 Å². The lowest BCUT2D eigenvalue weighted by Gasteiger charge is -2.05. The molecule has 0 aliphatic heterocycles. The third-order valence-corrected chi connectivity index (χ3v) is 3.99. The molecule has 0 unspecified atom stereocenters. The molecule has 3 aromatic rings. The van der Waals surface area contributed by atoms with E-state index in [-0.39, 0.29) is 5.91 Å². The summed E-state index contributed by atoms with van der Waals surface area (Å²) in [6.07, 6.45) is 1.76. The third kappa shape index (κ3) is 3.83. The molecule has 2 aromatic carbocycles. The molecule has 6 heteroatoms. The molecule has 5 nitrogen and oxygen atoms in total. The number of aromatic nitrogens is 2. The van der Waals surface area contributed by atoms with Crippen LogP contribution in [-0.4, -0.2) is 22.8 Å². The monoisotopic (exact) mass is 385 g/mol. The van der Waals surface area contributed by atoms with E-state index in [0.29, 0.717) is 12.2 Å². The summed E-state index contributed by atoms with van der Waals surface area (Å²) in [4.78, 5) is 12.2. The van der Waals surface area contributed by atoms with Crippen LogP contribution in [0.1, 0.15) is 16.1 Å². The van der Waals surface area contributed by atoms with Gasteiger partial charge in [0.15, 0.2) is 5.69 Å². The summed E-state index contributed by atoms with van der Waals surface area (Å²) in [6, 6.07) is 17.0. The number of hydrogen-bond acceptors (Lipinski definition) is 3. The van der Waals surface area contributed by atoms with Crippen LogP contribution in [-0.2, 0) is 6.54 Å². The van der Waals surface area contributed by atoms with E-state index in [1.165, 1.54) is 0 Å². The van der Waals surface area contributed by atoms with Gasteiger partial charge in [0.25, 0.3) is 5.91 Å². The van der Waals surface area contributed by atoms with E-state index in [0.717, 1.165) is 21.5 Å².